The molecule has 0 saturated carbocycles. The van der Waals surface area contributed by atoms with Crippen molar-refractivity contribution >= 4 is 5.91 Å². The van der Waals surface area contributed by atoms with Gasteiger partial charge in [-0.15, -0.1) is 6.58 Å². The minimum absolute atomic E-state index is 0.288. The van der Waals surface area contributed by atoms with Gasteiger partial charge in [0.05, 0.1) is 6.61 Å². The van der Waals surface area contributed by atoms with Crippen LogP contribution in [0.2, 0.25) is 0 Å². The molecule has 3 nitrogen and oxygen atoms in total. The van der Waals surface area contributed by atoms with E-state index in [0.717, 1.165) is 0 Å². The number of amides is 1. The third kappa shape index (κ3) is 4.46. The van der Waals surface area contributed by atoms with Crippen LogP contribution in [0.3, 0.4) is 0 Å². The summed E-state index contributed by atoms with van der Waals surface area (Å²) >= 11 is 0. The molecule has 0 saturated heterocycles. The van der Waals surface area contributed by atoms with Gasteiger partial charge < -0.3 is 10.1 Å². The van der Waals surface area contributed by atoms with Gasteiger partial charge in [0, 0.05) is 0 Å². The number of carbonyl (C=O) groups excluding carboxylic acids is 1. The molecule has 1 atom stereocenters. The van der Waals surface area contributed by atoms with Crippen LogP contribution in [0.5, 0.6) is 0 Å². The lowest BCUT2D eigenvalue weighted by atomic mass is 10.5. The maximum Gasteiger partial charge on any atom is 0.245 e. The van der Waals surface area contributed by atoms with Gasteiger partial charge in [-0.25, -0.2) is 0 Å². The van der Waals surface area contributed by atoms with E-state index in [9.17, 15) is 4.79 Å². The van der Waals surface area contributed by atoms with Crippen LogP contribution in [0.25, 0.3) is 0 Å². The fourth-order valence-corrected chi connectivity index (χ4v) is 0.539. The van der Waals surface area contributed by atoms with Crippen LogP contribution in [0.15, 0.2) is 38.0 Å². The second-order valence-corrected chi connectivity index (χ2v) is 1.99. The van der Waals surface area contributed by atoms with E-state index in [1.165, 1.54) is 12.2 Å². The molecule has 66 valence electrons. The highest BCUT2D eigenvalue weighted by Crippen LogP contribution is 1.88. The lowest BCUT2D eigenvalue weighted by molar-refractivity contribution is -0.119. The van der Waals surface area contributed by atoms with Crippen molar-refractivity contribution < 1.29 is 9.53 Å². The first kappa shape index (κ1) is 10.7. The zero-order valence-electron chi connectivity index (χ0n) is 6.95. The smallest absolute Gasteiger partial charge is 0.245 e. The van der Waals surface area contributed by atoms with Crippen LogP contribution in [0, 0.1) is 0 Å². The highest BCUT2D eigenvalue weighted by Gasteiger charge is 2.03. The van der Waals surface area contributed by atoms with Crippen molar-refractivity contribution in [1.82, 2.24) is 5.32 Å². The molecule has 0 fully saturated rings. The molecule has 1 amide bonds. The molecule has 0 aromatic rings. The molecule has 0 spiro atoms. The van der Waals surface area contributed by atoms with Crippen LogP contribution >= 0.6 is 0 Å². The normalized spacial score (nSPS) is 11.3. The fourth-order valence-electron chi connectivity index (χ4n) is 0.539. The van der Waals surface area contributed by atoms with Gasteiger partial charge in [0.25, 0.3) is 0 Å². The zero-order chi connectivity index (χ0) is 9.40. The Morgan fingerprint density at radius 1 is 1.50 bits per heavy atom. The van der Waals surface area contributed by atoms with E-state index in [1.54, 1.807) is 6.08 Å². The molecule has 1 N–H and O–H groups in total. The highest BCUT2D eigenvalue weighted by molar-refractivity contribution is 5.87. The summed E-state index contributed by atoms with van der Waals surface area (Å²) in [6.45, 7) is 10.6. The Hall–Kier alpha value is -1.35. The van der Waals surface area contributed by atoms with Crippen molar-refractivity contribution in [2.24, 2.45) is 0 Å². The van der Waals surface area contributed by atoms with E-state index in [-0.39, 0.29) is 5.91 Å². The Morgan fingerprint density at radius 2 is 2.17 bits per heavy atom. The number of carbonyl (C=O) groups is 1. The van der Waals surface area contributed by atoms with Crippen molar-refractivity contribution in [3.8, 4) is 0 Å². The quantitative estimate of drug-likeness (QED) is 0.364. The molecule has 0 aromatic heterocycles. The largest absolute Gasteiger partial charge is 0.351 e. The predicted octanol–water partition coefficient (Wildman–Crippen LogP) is 1.00. The van der Waals surface area contributed by atoms with Crippen molar-refractivity contribution in [3.63, 3.8) is 0 Å². The van der Waals surface area contributed by atoms with Crippen LogP contribution < -0.4 is 5.32 Å². The molecule has 0 bridgehead atoms. The molecule has 0 aromatic carbocycles. The average Bonchev–Trinajstić information content (AvgIpc) is 2.11. The average molecular weight is 167 g/mol. The number of rotatable bonds is 6. The van der Waals surface area contributed by atoms with E-state index in [1.807, 2.05) is 0 Å². The summed E-state index contributed by atoms with van der Waals surface area (Å²) in [7, 11) is 0. The third-order valence-electron chi connectivity index (χ3n) is 1.08. The molecule has 0 aliphatic carbocycles. The monoisotopic (exact) mass is 167 g/mol. The summed E-state index contributed by atoms with van der Waals surface area (Å²) in [4.78, 5) is 10.8. The molecule has 12 heavy (non-hydrogen) atoms. The first-order valence-electron chi connectivity index (χ1n) is 3.52. The fraction of sp³-hybridized carbons (Fsp3) is 0.222. The molecular formula is C9H13NO2. The van der Waals surface area contributed by atoms with Crippen molar-refractivity contribution in [1.29, 1.82) is 0 Å². The second-order valence-electron chi connectivity index (χ2n) is 1.99. The van der Waals surface area contributed by atoms with Gasteiger partial charge in [-0.3, -0.25) is 4.79 Å². The van der Waals surface area contributed by atoms with Crippen molar-refractivity contribution in [2.75, 3.05) is 6.61 Å². The first-order chi connectivity index (χ1) is 5.74. The van der Waals surface area contributed by atoms with Gasteiger partial charge in [0.2, 0.25) is 5.91 Å². The van der Waals surface area contributed by atoms with Crippen LogP contribution in [-0.2, 0) is 9.53 Å². The Labute approximate surface area is 72.4 Å². The van der Waals surface area contributed by atoms with E-state index in [4.69, 9.17) is 4.74 Å². The molecular weight excluding hydrogens is 154 g/mol. The highest BCUT2D eigenvalue weighted by atomic mass is 16.5. The van der Waals surface area contributed by atoms with Gasteiger partial charge in [-0.05, 0) is 12.2 Å². The van der Waals surface area contributed by atoms with Crippen molar-refractivity contribution in [3.05, 3.63) is 38.0 Å². The third-order valence-corrected chi connectivity index (χ3v) is 1.08. The van der Waals surface area contributed by atoms with Gasteiger partial charge in [0.15, 0.2) is 0 Å². The standard InChI is InChI=1S/C9H13NO2/c1-4-7-12-9(6-3)10-8(11)5-2/h4-6,9H,1-3,7H2,(H,10,11). The van der Waals surface area contributed by atoms with E-state index < -0.39 is 6.23 Å². The predicted molar refractivity (Wildman–Crippen MR) is 48.5 cm³/mol. The topological polar surface area (TPSA) is 38.3 Å². The minimum atomic E-state index is -0.478. The SMILES string of the molecule is C=CCOC(C=C)NC(=O)C=C. The Bertz CT molecular complexity index is 187. The number of nitrogens with one attached hydrogen (secondary N) is 1. The molecule has 1 unspecified atom stereocenters. The number of hydrogen-bond acceptors (Lipinski definition) is 2. The van der Waals surface area contributed by atoms with Crippen molar-refractivity contribution in [2.45, 2.75) is 6.23 Å². The number of ether oxygens (including phenoxy) is 1. The maximum absolute atomic E-state index is 10.8. The van der Waals surface area contributed by atoms with Gasteiger partial charge in [-0.2, -0.15) is 0 Å². The molecule has 3 heteroatoms. The van der Waals surface area contributed by atoms with E-state index in [2.05, 4.69) is 25.1 Å². The molecule has 0 aliphatic heterocycles. The maximum atomic E-state index is 10.8. The van der Waals surface area contributed by atoms with Gasteiger partial charge >= 0.3 is 0 Å². The molecule has 0 heterocycles. The summed E-state index contributed by atoms with van der Waals surface area (Å²) in [6, 6.07) is 0. The van der Waals surface area contributed by atoms with E-state index in [0.29, 0.717) is 6.61 Å². The molecule has 0 rings (SSSR count). The van der Waals surface area contributed by atoms with Gasteiger partial charge in [-0.1, -0.05) is 19.2 Å². The summed E-state index contributed by atoms with van der Waals surface area (Å²) < 4.78 is 5.10. The summed E-state index contributed by atoms with van der Waals surface area (Å²) in [5.74, 6) is -0.288. The van der Waals surface area contributed by atoms with E-state index >= 15 is 0 Å². The summed E-state index contributed by atoms with van der Waals surface area (Å²) in [5.41, 5.74) is 0. The number of hydrogen-bond donors (Lipinski definition) is 1. The first-order valence-corrected chi connectivity index (χ1v) is 3.52. The summed E-state index contributed by atoms with van der Waals surface area (Å²) in [5, 5.41) is 2.51. The Kier molecular flexibility index (Phi) is 5.65. The lowest BCUT2D eigenvalue weighted by Gasteiger charge is -2.12. The van der Waals surface area contributed by atoms with Crippen LogP contribution in [-0.4, -0.2) is 18.7 Å². The Balaban J connectivity index is 3.81. The van der Waals surface area contributed by atoms with Gasteiger partial charge in [0.1, 0.15) is 6.23 Å². The molecule has 0 aliphatic rings. The summed E-state index contributed by atoms with van der Waals surface area (Å²) in [6.07, 6.45) is 3.78. The van der Waals surface area contributed by atoms with Crippen LogP contribution in [0.4, 0.5) is 0 Å². The molecule has 0 radical (unpaired) electrons. The second kappa shape index (κ2) is 6.37. The van der Waals surface area contributed by atoms with Crippen LogP contribution in [0.1, 0.15) is 0 Å². The lowest BCUT2D eigenvalue weighted by Crippen LogP contribution is -2.34. The Morgan fingerprint density at radius 3 is 2.58 bits per heavy atom. The zero-order valence-corrected chi connectivity index (χ0v) is 6.95. The minimum Gasteiger partial charge on any atom is -0.351 e.